The Balaban J connectivity index is 1.66. The van der Waals surface area contributed by atoms with Crippen molar-refractivity contribution >= 4 is 5.91 Å². The summed E-state index contributed by atoms with van der Waals surface area (Å²) in [6, 6.07) is 10.1. The first-order valence-electron chi connectivity index (χ1n) is 8.36. The number of carbonyl (C=O) groups is 1. The number of rotatable bonds is 4. The Kier molecular flexibility index (Phi) is 4.79. The summed E-state index contributed by atoms with van der Waals surface area (Å²) >= 11 is 0. The molecular formula is C18H25NO3. The highest BCUT2D eigenvalue weighted by Crippen LogP contribution is 2.33. The molecule has 2 fully saturated rings. The van der Waals surface area contributed by atoms with Gasteiger partial charge in [0, 0.05) is 25.9 Å². The van der Waals surface area contributed by atoms with E-state index < -0.39 is 5.79 Å². The Bertz CT molecular complexity index is 486. The van der Waals surface area contributed by atoms with Gasteiger partial charge in [-0.25, -0.2) is 0 Å². The van der Waals surface area contributed by atoms with Gasteiger partial charge in [-0.15, -0.1) is 0 Å². The van der Waals surface area contributed by atoms with Gasteiger partial charge in [0.05, 0.1) is 19.1 Å². The summed E-state index contributed by atoms with van der Waals surface area (Å²) in [5.41, 5.74) is 1.13. The van der Waals surface area contributed by atoms with E-state index in [-0.39, 0.29) is 11.8 Å². The van der Waals surface area contributed by atoms with E-state index in [0.29, 0.717) is 13.2 Å². The molecule has 2 aliphatic rings. The molecular weight excluding hydrogens is 278 g/mol. The molecule has 1 amide bonds. The lowest BCUT2D eigenvalue weighted by molar-refractivity contribution is -0.187. The standard InChI is InChI=1S/C18H25NO3/c1-2-6-16(15-7-4-3-5-8-15)17(20)19-11-9-18(10-12-19)21-13-14-22-18/h3-5,7-8,16H,2,6,9-14H2,1H3. The van der Waals surface area contributed by atoms with Crippen molar-refractivity contribution < 1.29 is 14.3 Å². The number of carbonyl (C=O) groups excluding carboxylic acids is 1. The third-order valence-corrected chi connectivity index (χ3v) is 4.73. The molecule has 4 heteroatoms. The summed E-state index contributed by atoms with van der Waals surface area (Å²) < 4.78 is 11.5. The van der Waals surface area contributed by atoms with Crippen molar-refractivity contribution in [1.29, 1.82) is 0 Å². The van der Waals surface area contributed by atoms with Crippen LogP contribution in [0, 0.1) is 0 Å². The van der Waals surface area contributed by atoms with Gasteiger partial charge in [-0.05, 0) is 12.0 Å². The predicted molar refractivity (Wildman–Crippen MR) is 84.5 cm³/mol. The van der Waals surface area contributed by atoms with Crippen LogP contribution < -0.4 is 0 Å². The van der Waals surface area contributed by atoms with Crippen molar-refractivity contribution in [3.8, 4) is 0 Å². The van der Waals surface area contributed by atoms with Gasteiger partial charge >= 0.3 is 0 Å². The van der Waals surface area contributed by atoms with Crippen molar-refractivity contribution in [2.75, 3.05) is 26.3 Å². The molecule has 2 saturated heterocycles. The van der Waals surface area contributed by atoms with Crippen LogP contribution in [-0.2, 0) is 14.3 Å². The lowest BCUT2D eigenvalue weighted by Crippen LogP contribution is -2.48. The smallest absolute Gasteiger partial charge is 0.230 e. The van der Waals surface area contributed by atoms with E-state index in [2.05, 4.69) is 19.1 Å². The fourth-order valence-corrected chi connectivity index (χ4v) is 3.48. The maximum atomic E-state index is 12.9. The summed E-state index contributed by atoms with van der Waals surface area (Å²) in [5, 5.41) is 0. The molecule has 1 unspecified atom stereocenters. The van der Waals surface area contributed by atoms with Crippen LogP contribution in [0.3, 0.4) is 0 Å². The molecule has 3 rings (SSSR count). The van der Waals surface area contributed by atoms with Gasteiger partial charge in [0.2, 0.25) is 5.91 Å². The summed E-state index contributed by atoms with van der Waals surface area (Å²) in [5.74, 6) is -0.185. The van der Waals surface area contributed by atoms with E-state index in [0.717, 1.165) is 44.3 Å². The van der Waals surface area contributed by atoms with Gasteiger partial charge in [-0.3, -0.25) is 4.79 Å². The third kappa shape index (κ3) is 3.18. The first kappa shape index (κ1) is 15.5. The van der Waals surface area contributed by atoms with Gasteiger partial charge in [0.25, 0.3) is 0 Å². The van der Waals surface area contributed by atoms with Crippen molar-refractivity contribution in [2.45, 2.75) is 44.3 Å². The molecule has 120 valence electrons. The van der Waals surface area contributed by atoms with Crippen molar-refractivity contribution in [2.24, 2.45) is 0 Å². The number of amides is 1. The van der Waals surface area contributed by atoms with Gasteiger partial charge in [0.15, 0.2) is 5.79 Å². The van der Waals surface area contributed by atoms with Crippen LogP contribution in [0.15, 0.2) is 30.3 Å². The van der Waals surface area contributed by atoms with Gasteiger partial charge in [0.1, 0.15) is 0 Å². The Labute approximate surface area is 132 Å². The Morgan fingerprint density at radius 1 is 1.18 bits per heavy atom. The Morgan fingerprint density at radius 3 is 2.41 bits per heavy atom. The van der Waals surface area contributed by atoms with Crippen molar-refractivity contribution in [3.05, 3.63) is 35.9 Å². The molecule has 1 spiro atoms. The van der Waals surface area contributed by atoms with E-state index in [1.54, 1.807) is 0 Å². The number of likely N-dealkylation sites (tertiary alicyclic amines) is 1. The summed E-state index contributed by atoms with van der Waals surface area (Å²) in [4.78, 5) is 14.9. The second-order valence-electron chi connectivity index (χ2n) is 6.18. The van der Waals surface area contributed by atoms with E-state index in [9.17, 15) is 4.79 Å². The zero-order chi connectivity index (χ0) is 15.4. The normalized spacial score (nSPS) is 22.0. The van der Waals surface area contributed by atoms with E-state index in [1.165, 1.54) is 0 Å². The quantitative estimate of drug-likeness (QED) is 0.858. The molecule has 1 aromatic rings. The van der Waals surface area contributed by atoms with E-state index in [1.807, 2.05) is 23.1 Å². The van der Waals surface area contributed by atoms with Crippen LogP contribution in [0.4, 0.5) is 0 Å². The largest absolute Gasteiger partial charge is 0.347 e. The summed E-state index contributed by atoms with van der Waals surface area (Å²) in [6.07, 6.45) is 3.48. The number of piperidine rings is 1. The Hall–Kier alpha value is -1.39. The van der Waals surface area contributed by atoms with Crippen molar-refractivity contribution in [3.63, 3.8) is 0 Å². The predicted octanol–water partition coefficient (Wildman–Crippen LogP) is 2.94. The molecule has 4 nitrogen and oxygen atoms in total. The summed E-state index contributed by atoms with van der Waals surface area (Å²) in [7, 11) is 0. The highest BCUT2D eigenvalue weighted by atomic mass is 16.7. The van der Waals surface area contributed by atoms with Crippen LogP contribution in [0.5, 0.6) is 0 Å². The minimum Gasteiger partial charge on any atom is -0.347 e. The van der Waals surface area contributed by atoms with E-state index >= 15 is 0 Å². The molecule has 0 saturated carbocycles. The monoisotopic (exact) mass is 303 g/mol. The van der Waals surface area contributed by atoms with Crippen LogP contribution in [-0.4, -0.2) is 42.9 Å². The minimum atomic E-state index is -0.413. The molecule has 22 heavy (non-hydrogen) atoms. The van der Waals surface area contributed by atoms with Crippen LogP contribution in [0.1, 0.15) is 44.1 Å². The average molecular weight is 303 g/mol. The molecule has 0 N–H and O–H groups in total. The second kappa shape index (κ2) is 6.80. The first-order chi connectivity index (χ1) is 10.7. The Morgan fingerprint density at radius 2 is 1.82 bits per heavy atom. The van der Waals surface area contributed by atoms with Crippen LogP contribution in [0.25, 0.3) is 0 Å². The topological polar surface area (TPSA) is 38.8 Å². The van der Waals surface area contributed by atoms with E-state index in [4.69, 9.17) is 9.47 Å². The highest BCUT2D eigenvalue weighted by Gasteiger charge is 2.41. The van der Waals surface area contributed by atoms with Crippen LogP contribution in [0.2, 0.25) is 0 Å². The zero-order valence-electron chi connectivity index (χ0n) is 13.3. The fraction of sp³-hybridized carbons (Fsp3) is 0.611. The fourth-order valence-electron chi connectivity index (χ4n) is 3.48. The maximum Gasteiger partial charge on any atom is 0.230 e. The number of ether oxygens (including phenoxy) is 2. The maximum absolute atomic E-state index is 12.9. The number of benzene rings is 1. The van der Waals surface area contributed by atoms with Gasteiger partial charge < -0.3 is 14.4 Å². The van der Waals surface area contributed by atoms with Gasteiger partial charge in [-0.2, -0.15) is 0 Å². The lowest BCUT2D eigenvalue weighted by atomic mass is 9.92. The molecule has 0 aliphatic carbocycles. The summed E-state index contributed by atoms with van der Waals surface area (Å²) in [6.45, 7) is 4.94. The highest BCUT2D eigenvalue weighted by molar-refractivity contribution is 5.83. The minimum absolute atomic E-state index is 0.0225. The lowest BCUT2D eigenvalue weighted by Gasteiger charge is -2.39. The molecule has 0 bridgehead atoms. The third-order valence-electron chi connectivity index (χ3n) is 4.73. The average Bonchev–Trinajstić information content (AvgIpc) is 3.02. The molecule has 1 aromatic carbocycles. The number of hydrogen-bond donors (Lipinski definition) is 0. The first-order valence-corrected chi connectivity index (χ1v) is 8.36. The SMILES string of the molecule is CCCC(C(=O)N1CCC2(CC1)OCCO2)c1ccccc1. The molecule has 0 aromatic heterocycles. The van der Waals surface area contributed by atoms with Gasteiger partial charge in [-0.1, -0.05) is 43.7 Å². The molecule has 1 atom stereocenters. The number of hydrogen-bond acceptors (Lipinski definition) is 3. The second-order valence-corrected chi connectivity index (χ2v) is 6.18. The molecule has 2 heterocycles. The molecule has 0 radical (unpaired) electrons. The number of nitrogens with zero attached hydrogens (tertiary/aromatic N) is 1. The zero-order valence-corrected chi connectivity index (χ0v) is 13.3. The molecule has 2 aliphatic heterocycles. The van der Waals surface area contributed by atoms with Crippen molar-refractivity contribution in [1.82, 2.24) is 4.90 Å². The van der Waals surface area contributed by atoms with Crippen LogP contribution >= 0.6 is 0 Å².